The molecule has 128 valence electrons. The fourth-order valence-corrected chi connectivity index (χ4v) is 3.30. The lowest BCUT2D eigenvalue weighted by atomic mass is 10.1. The van der Waals surface area contributed by atoms with Gasteiger partial charge >= 0.3 is 0 Å². The number of pyridine rings is 1. The molecule has 0 N–H and O–H groups in total. The minimum absolute atomic E-state index is 0.0520. The largest absolute Gasteiger partial charge is 0.337 e. The molecule has 2 aromatic rings. The molecule has 0 bridgehead atoms. The van der Waals surface area contributed by atoms with Crippen molar-refractivity contribution in [3.8, 4) is 0 Å². The number of aryl methyl sites for hydroxylation is 2. The van der Waals surface area contributed by atoms with E-state index in [0.717, 1.165) is 38.3 Å². The smallest absolute Gasteiger partial charge is 0.274 e. The zero-order valence-electron chi connectivity index (χ0n) is 14.6. The lowest BCUT2D eigenvalue weighted by Crippen LogP contribution is -2.31. The molecule has 0 radical (unpaired) electrons. The van der Waals surface area contributed by atoms with Crippen LogP contribution in [0.1, 0.15) is 28.2 Å². The van der Waals surface area contributed by atoms with E-state index < -0.39 is 0 Å². The molecule has 1 fully saturated rings. The molecule has 1 aliphatic rings. The fraction of sp³-hybridized carbons (Fsp3) is 0.500. The number of rotatable bonds is 5. The number of likely N-dealkylation sites (tertiary alicyclic amines) is 1. The molecule has 6 heteroatoms. The minimum atomic E-state index is 0.0520. The Labute approximate surface area is 143 Å². The van der Waals surface area contributed by atoms with Gasteiger partial charge in [-0.15, -0.1) is 0 Å². The van der Waals surface area contributed by atoms with Crippen molar-refractivity contribution in [2.24, 2.45) is 13.0 Å². The van der Waals surface area contributed by atoms with E-state index in [1.54, 1.807) is 10.9 Å². The number of aromatic nitrogens is 3. The molecule has 1 atom stereocenters. The number of carbonyl (C=O) groups excluding carboxylic acids is 1. The molecule has 1 aliphatic heterocycles. The van der Waals surface area contributed by atoms with Crippen LogP contribution in [0.15, 0.2) is 30.6 Å². The lowest BCUT2D eigenvalue weighted by molar-refractivity contribution is 0.0777. The maximum atomic E-state index is 12.6. The van der Waals surface area contributed by atoms with Gasteiger partial charge in [0.05, 0.1) is 0 Å². The predicted octanol–water partition coefficient (Wildman–Crippen LogP) is 1.72. The molecule has 1 unspecified atom stereocenters. The Morgan fingerprint density at radius 1 is 1.46 bits per heavy atom. The standard InChI is InChI=1S/C18H25N5O/c1-14-9-17(20-22(14)3)18(24)23-8-6-16(13-23)12-21(2)11-15-5-4-7-19-10-15/h4-5,7,9-10,16H,6,8,11-13H2,1-3H3. The van der Waals surface area contributed by atoms with Crippen LogP contribution in [0.2, 0.25) is 0 Å². The fourth-order valence-electron chi connectivity index (χ4n) is 3.30. The van der Waals surface area contributed by atoms with Crippen molar-refractivity contribution in [1.82, 2.24) is 24.6 Å². The highest BCUT2D eigenvalue weighted by Crippen LogP contribution is 2.20. The van der Waals surface area contributed by atoms with E-state index in [4.69, 9.17) is 0 Å². The quantitative estimate of drug-likeness (QED) is 0.839. The van der Waals surface area contributed by atoms with E-state index >= 15 is 0 Å². The van der Waals surface area contributed by atoms with E-state index in [-0.39, 0.29) is 5.91 Å². The lowest BCUT2D eigenvalue weighted by Gasteiger charge is -2.21. The molecular weight excluding hydrogens is 302 g/mol. The second-order valence-corrected chi connectivity index (χ2v) is 6.76. The summed E-state index contributed by atoms with van der Waals surface area (Å²) in [6, 6.07) is 5.93. The second kappa shape index (κ2) is 7.13. The molecule has 24 heavy (non-hydrogen) atoms. The molecule has 3 heterocycles. The molecule has 0 aromatic carbocycles. The van der Waals surface area contributed by atoms with Gasteiger partial charge in [0.25, 0.3) is 5.91 Å². The van der Waals surface area contributed by atoms with Crippen molar-refractivity contribution in [3.05, 3.63) is 47.5 Å². The van der Waals surface area contributed by atoms with E-state index in [1.165, 1.54) is 5.56 Å². The molecule has 0 aliphatic carbocycles. The van der Waals surface area contributed by atoms with Crippen LogP contribution in [0.4, 0.5) is 0 Å². The number of amides is 1. The first-order valence-corrected chi connectivity index (χ1v) is 8.40. The van der Waals surface area contributed by atoms with Crippen LogP contribution >= 0.6 is 0 Å². The van der Waals surface area contributed by atoms with Crippen LogP contribution in [0.25, 0.3) is 0 Å². The van der Waals surface area contributed by atoms with Crippen molar-refractivity contribution in [1.29, 1.82) is 0 Å². The highest BCUT2D eigenvalue weighted by molar-refractivity contribution is 5.92. The topological polar surface area (TPSA) is 54.3 Å². The Kier molecular flexibility index (Phi) is 4.94. The average Bonchev–Trinajstić information content (AvgIpc) is 3.15. The first-order chi connectivity index (χ1) is 11.5. The van der Waals surface area contributed by atoms with E-state index in [9.17, 15) is 4.79 Å². The maximum absolute atomic E-state index is 12.6. The van der Waals surface area contributed by atoms with Crippen LogP contribution in [0, 0.1) is 12.8 Å². The highest BCUT2D eigenvalue weighted by atomic mass is 16.2. The van der Waals surface area contributed by atoms with Gasteiger partial charge in [-0.05, 0) is 44.0 Å². The zero-order valence-corrected chi connectivity index (χ0v) is 14.6. The summed E-state index contributed by atoms with van der Waals surface area (Å²) in [5, 5.41) is 4.30. The van der Waals surface area contributed by atoms with E-state index in [0.29, 0.717) is 11.6 Å². The Bertz CT molecular complexity index is 677. The number of nitrogens with zero attached hydrogens (tertiary/aromatic N) is 5. The molecule has 1 amide bonds. The third kappa shape index (κ3) is 3.82. The Hall–Kier alpha value is -2.21. The van der Waals surface area contributed by atoms with Crippen LogP contribution in [-0.4, -0.2) is 57.2 Å². The molecule has 3 rings (SSSR count). The van der Waals surface area contributed by atoms with Gasteiger partial charge in [0.1, 0.15) is 0 Å². The number of hydrogen-bond acceptors (Lipinski definition) is 4. The minimum Gasteiger partial charge on any atom is -0.337 e. The molecule has 1 saturated heterocycles. The summed E-state index contributed by atoms with van der Waals surface area (Å²) >= 11 is 0. The molecule has 2 aromatic heterocycles. The SMILES string of the molecule is Cc1cc(C(=O)N2CCC(CN(C)Cc3cccnc3)C2)nn1C. The predicted molar refractivity (Wildman–Crippen MR) is 92.5 cm³/mol. The van der Waals surface area contributed by atoms with Crippen molar-refractivity contribution >= 4 is 5.91 Å². The van der Waals surface area contributed by atoms with Gasteiger partial charge < -0.3 is 9.80 Å². The van der Waals surface area contributed by atoms with Gasteiger partial charge in [0, 0.05) is 51.3 Å². The molecule has 0 spiro atoms. The van der Waals surface area contributed by atoms with E-state index in [1.807, 2.05) is 37.2 Å². The second-order valence-electron chi connectivity index (χ2n) is 6.76. The third-order valence-electron chi connectivity index (χ3n) is 4.65. The van der Waals surface area contributed by atoms with Crippen molar-refractivity contribution in [2.75, 3.05) is 26.7 Å². The number of carbonyl (C=O) groups is 1. The van der Waals surface area contributed by atoms with Gasteiger partial charge in [0.2, 0.25) is 0 Å². The average molecular weight is 327 g/mol. The monoisotopic (exact) mass is 327 g/mol. The Morgan fingerprint density at radius 3 is 2.96 bits per heavy atom. The van der Waals surface area contributed by atoms with Crippen LogP contribution in [-0.2, 0) is 13.6 Å². The van der Waals surface area contributed by atoms with Gasteiger partial charge in [-0.3, -0.25) is 14.5 Å². The van der Waals surface area contributed by atoms with Crippen molar-refractivity contribution in [3.63, 3.8) is 0 Å². The van der Waals surface area contributed by atoms with Gasteiger partial charge in [-0.25, -0.2) is 0 Å². The summed E-state index contributed by atoms with van der Waals surface area (Å²) in [7, 11) is 3.99. The first kappa shape index (κ1) is 16.6. The van der Waals surface area contributed by atoms with Gasteiger partial charge in [-0.2, -0.15) is 5.10 Å². The Balaban J connectivity index is 1.52. The van der Waals surface area contributed by atoms with Crippen LogP contribution < -0.4 is 0 Å². The maximum Gasteiger partial charge on any atom is 0.274 e. The van der Waals surface area contributed by atoms with Crippen LogP contribution in [0.5, 0.6) is 0 Å². The summed E-state index contributed by atoms with van der Waals surface area (Å²) in [5.41, 5.74) is 2.78. The summed E-state index contributed by atoms with van der Waals surface area (Å²) in [4.78, 5) is 21.0. The molecular formula is C18H25N5O. The molecule has 6 nitrogen and oxygen atoms in total. The number of hydrogen-bond donors (Lipinski definition) is 0. The van der Waals surface area contributed by atoms with Crippen LogP contribution in [0.3, 0.4) is 0 Å². The van der Waals surface area contributed by atoms with Crippen molar-refractivity contribution < 1.29 is 4.79 Å². The molecule has 0 saturated carbocycles. The van der Waals surface area contributed by atoms with Gasteiger partial charge in [-0.1, -0.05) is 6.07 Å². The zero-order chi connectivity index (χ0) is 17.1. The van der Waals surface area contributed by atoms with Gasteiger partial charge in [0.15, 0.2) is 5.69 Å². The highest BCUT2D eigenvalue weighted by Gasteiger charge is 2.28. The summed E-state index contributed by atoms with van der Waals surface area (Å²) in [5.74, 6) is 0.566. The normalized spacial score (nSPS) is 17.7. The third-order valence-corrected chi connectivity index (χ3v) is 4.65. The first-order valence-electron chi connectivity index (χ1n) is 8.40. The summed E-state index contributed by atoms with van der Waals surface area (Å²) in [6.07, 6.45) is 4.75. The Morgan fingerprint density at radius 2 is 2.29 bits per heavy atom. The summed E-state index contributed by atoms with van der Waals surface area (Å²) < 4.78 is 1.75. The van der Waals surface area contributed by atoms with Crippen molar-refractivity contribution in [2.45, 2.75) is 19.9 Å². The van der Waals surface area contributed by atoms with E-state index in [2.05, 4.69) is 28.1 Å². The summed E-state index contributed by atoms with van der Waals surface area (Å²) in [6.45, 7) is 5.47.